The summed E-state index contributed by atoms with van der Waals surface area (Å²) in [5.41, 5.74) is 1.19. The van der Waals surface area contributed by atoms with Crippen molar-refractivity contribution in [1.82, 2.24) is 0 Å². The quantitative estimate of drug-likeness (QED) is 0.457. The van der Waals surface area contributed by atoms with Crippen LogP contribution >= 0.6 is 33.9 Å². The Bertz CT molecular complexity index is 521. The third-order valence-electron chi connectivity index (χ3n) is 2.01. The first-order chi connectivity index (χ1) is 6.59. The summed E-state index contributed by atoms with van der Waals surface area (Å²) >= 11 is 3.64. The van der Waals surface area contributed by atoms with Crippen molar-refractivity contribution in [1.29, 1.82) is 0 Å². The van der Waals surface area contributed by atoms with Crippen LogP contribution in [-0.4, -0.2) is 4.92 Å². The molecule has 0 aliphatic carbocycles. The largest absolute Gasteiger partial charge is 0.288 e. The standard InChI is InChI=1S/C9H6INO2S/c1-5-2-6(10)3-8-9(5)7(4-14-8)11(12)13/h2-4H,1H3. The average molecular weight is 319 g/mol. The summed E-state index contributed by atoms with van der Waals surface area (Å²) in [6.45, 7) is 1.91. The number of rotatable bonds is 1. The molecule has 14 heavy (non-hydrogen) atoms. The van der Waals surface area contributed by atoms with Crippen molar-refractivity contribution in [3.8, 4) is 0 Å². The van der Waals surface area contributed by atoms with Crippen LogP contribution in [0.1, 0.15) is 5.56 Å². The lowest BCUT2D eigenvalue weighted by atomic mass is 10.1. The number of benzene rings is 1. The van der Waals surface area contributed by atoms with Crippen LogP contribution in [0.3, 0.4) is 0 Å². The molecule has 0 aliphatic rings. The molecule has 0 spiro atoms. The van der Waals surface area contributed by atoms with Gasteiger partial charge < -0.3 is 0 Å². The van der Waals surface area contributed by atoms with Gasteiger partial charge in [0.1, 0.15) is 0 Å². The van der Waals surface area contributed by atoms with Gasteiger partial charge in [-0.3, -0.25) is 10.1 Å². The second-order valence-electron chi connectivity index (χ2n) is 2.97. The van der Waals surface area contributed by atoms with Crippen LogP contribution in [-0.2, 0) is 0 Å². The zero-order valence-electron chi connectivity index (χ0n) is 7.28. The van der Waals surface area contributed by atoms with E-state index in [4.69, 9.17) is 0 Å². The van der Waals surface area contributed by atoms with E-state index in [9.17, 15) is 10.1 Å². The van der Waals surface area contributed by atoms with Crippen molar-refractivity contribution in [2.45, 2.75) is 6.92 Å². The summed E-state index contributed by atoms with van der Waals surface area (Å²) in [7, 11) is 0. The third kappa shape index (κ3) is 1.50. The molecule has 3 nitrogen and oxygen atoms in total. The van der Waals surface area contributed by atoms with E-state index in [1.165, 1.54) is 11.3 Å². The lowest BCUT2D eigenvalue weighted by Crippen LogP contribution is -1.87. The third-order valence-corrected chi connectivity index (χ3v) is 3.55. The minimum absolute atomic E-state index is 0.221. The van der Waals surface area contributed by atoms with E-state index in [2.05, 4.69) is 22.6 Å². The molecule has 0 fully saturated rings. The van der Waals surface area contributed by atoms with Crippen LogP contribution < -0.4 is 0 Å². The molecule has 1 heterocycles. The summed E-state index contributed by atoms with van der Waals surface area (Å²) in [6, 6.07) is 3.93. The molecule has 0 amide bonds. The topological polar surface area (TPSA) is 43.1 Å². The Morgan fingerprint density at radius 2 is 2.21 bits per heavy atom. The molecule has 2 aromatic rings. The van der Waals surface area contributed by atoms with Gasteiger partial charge in [-0.25, -0.2) is 0 Å². The molecule has 0 aliphatic heterocycles. The maximum Gasteiger partial charge on any atom is 0.288 e. The summed E-state index contributed by atoms with van der Waals surface area (Å²) in [5, 5.41) is 13.1. The molecule has 0 unspecified atom stereocenters. The second-order valence-corrected chi connectivity index (χ2v) is 5.13. The minimum Gasteiger partial charge on any atom is -0.258 e. The van der Waals surface area contributed by atoms with Crippen LogP contribution in [0.15, 0.2) is 17.5 Å². The van der Waals surface area contributed by atoms with Crippen molar-refractivity contribution in [3.05, 3.63) is 36.8 Å². The fraction of sp³-hybridized carbons (Fsp3) is 0.111. The first-order valence-corrected chi connectivity index (χ1v) is 5.87. The lowest BCUT2D eigenvalue weighted by Gasteiger charge is -1.97. The van der Waals surface area contributed by atoms with Gasteiger partial charge >= 0.3 is 0 Å². The molecule has 1 aromatic carbocycles. The van der Waals surface area contributed by atoms with Crippen LogP contribution in [0.25, 0.3) is 10.1 Å². The summed E-state index contributed by atoms with van der Waals surface area (Å²) in [4.78, 5) is 10.4. The van der Waals surface area contributed by atoms with Crippen molar-refractivity contribution < 1.29 is 4.92 Å². The van der Waals surface area contributed by atoms with E-state index in [0.717, 1.165) is 19.2 Å². The number of hydrogen-bond acceptors (Lipinski definition) is 3. The normalized spacial score (nSPS) is 10.7. The minimum atomic E-state index is -0.321. The molecule has 0 saturated heterocycles. The number of nitro groups is 1. The maximum absolute atomic E-state index is 10.7. The van der Waals surface area contributed by atoms with Gasteiger partial charge in [0.15, 0.2) is 0 Å². The Labute approximate surface area is 98.0 Å². The Morgan fingerprint density at radius 1 is 1.50 bits per heavy atom. The second kappa shape index (κ2) is 3.47. The van der Waals surface area contributed by atoms with E-state index in [0.29, 0.717) is 0 Å². The van der Waals surface area contributed by atoms with Gasteiger partial charge in [-0.15, -0.1) is 11.3 Å². The number of hydrogen-bond donors (Lipinski definition) is 0. The molecule has 72 valence electrons. The highest BCUT2D eigenvalue weighted by molar-refractivity contribution is 14.1. The van der Waals surface area contributed by atoms with Crippen LogP contribution in [0.5, 0.6) is 0 Å². The molecule has 0 N–H and O–H groups in total. The predicted molar refractivity (Wildman–Crippen MR) is 65.9 cm³/mol. The number of halogens is 1. The van der Waals surface area contributed by atoms with Crippen molar-refractivity contribution in [3.63, 3.8) is 0 Å². The highest BCUT2D eigenvalue weighted by Gasteiger charge is 2.16. The van der Waals surface area contributed by atoms with Gasteiger partial charge in [-0.05, 0) is 47.2 Å². The molecular weight excluding hydrogens is 313 g/mol. The lowest BCUT2D eigenvalue weighted by molar-refractivity contribution is -0.382. The molecule has 0 atom stereocenters. The maximum atomic E-state index is 10.7. The first kappa shape index (κ1) is 9.85. The molecule has 0 saturated carbocycles. The number of fused-ring (bicyclic) bond motifs is 1. The number of thiophene rings is 1. The molecule has 2 rings (SSSR count). The summed E-state index contributed by atoms with van der Waals surface area (Å²) < 4.78 is 2.10. The van der Waals surface area contributed by atoms with E-state index < -0.39 is 0 Å². The predicted octanol–water partition coefficient (Wildman–Crippen LogP) is 3.72. The highest BCUT2D eigenvalue weighted by atomic mass is 127. The average Bonchev–Trinajstić information content (AvgIpc) is 2.47. The van der Waals surface area contributed by atoms with E-state index in [-0.39, 0.29) is 10.6 Å². The monoisotopic (exact) mass is 319 g/mol. The molecule has 0 bridgehead atoms. The van der Waals surface area contributed by atoms with E-state index in [1.54, 1.807) is 5.38 Å². The Kier molecular flexibility index (Phi) is 2.44. The highest BCUT2D eigenvalue weighted by Crippen LogP contribution is 2.35. The van der Waals surface area contributed by atoms with Crippen LogP contribution in [0.4, 0.5) is 5.69 Å². The number of aryl methyl sites for hydroxylation is 1. The van der Waals surface area contributed by atoms with Gasteiger partial charge in [0.25, 0.3) is 5.69 Å². The van der Waals surface area contributed by atoms with Crippen molar-refractivity contribution in [2.75, 3.05) is 0 Å². The molecular formula is C9H6INO2S. The van der Waals surface area contributed by atoms with Gasteiger partial charge in [0.05, 0.1) is 15.7 Å². The molecule has 1 aromatic heterocycles. The van der Waals surface area contributed by atoms with Gasteiger partial charge in [0, 0.05) is 8.27 Å². The Hall–Kier alpha value is -0.690. The van der Waals surface area contributed by atoms with E-state index in [1.807, 2.05) is 19.1 Å². The first-order valence-electron chi connectivity index (χ1n) is 3.91. The van der Waals surface area contributed by atoms with Gasteiger partial charge in [-0.2, -0.15) is 0 Å². The zero-order valence-corrected chi connectivity index (χ0v) is 10.3. The Balaban J connectivity index is 2.85. The van der Waals surface area contributed by atoms with Crippen LogP contribution in [0.2, 0.25) is 0 Å². The smallest absolute Gasteiger partial charge is 0.258 e. The van der Waals surface area contributed by atoms with Crippen molar-refractivity contribution >= 4 is 49.7 Å². The van der Waals surface area contributed by atoms with Gasteiger partial charge in [0.2, 0.25) is 0 Å². The fourth-order valence-corrected chi connectivity index (χ4v) is 3.46. The van der Waals surface area contributed by atoms with E-state index >= 15 is 0 Å². The summed E-state index contributed by atoms with van der Waals surface area (Å²) in [6.07, 6.45) is 0. The number of nitrogens with zero attached hydrogens (tertiary/aromatic N) is 1. The van der Waals surface area contributed by atoms with Crippen molar-refractivity contribution in [2.24, 2.45) is 0 Å². The summed E-state index contributed by atoms with van der Waals surface area (Å²) in [5.74, 6) is 0. The SMILES string of the molecule is Cc1cc(I)cc2scc([N+](=O)[O-])c12. The fourth-order valence-electron chi connectivity index (χ4n) is 1.45. The molecule has 0 radical (unpaired) electrons. The zero-order chi connectivity index (χ0) is 10.3. The van der Waals surface area contributed by atoms with Gasteiger partial charge in [-0.1, -0.05) is 0 Å². The molecule has 5 heteroatoms. The Morgan fingerprint density at radius 3 is 2.86 bits per heavy atom. The van der Waals surface area contributed by atoms with Crippen LogP contribution in [0, 0.1) is 20.6 Å².